The van der Waals surface area contributed by atoms with Crippen LogP contribution in [0.2, 0.25) is 0 Å². The molecule has 0 fully saturated rings. The smallest absolute Gasteiger partial charge is 0.417 e. The van der Waals surface area contributed by atoms with Gasteiger partial charge in [0.2, 0.25) is 11.8 Å². The molecular formula is C33H49F6N3O5. The van der Waals surface area contributed by atoms with Crippen molar-refractivity contribution < 1.29 is 50.3 Å². The maximum atomic E-state index is 13.5. The van der Waals surface area contributed by atoms with E-state index in [0.29, 0.717) is 37.5 Å². The van der Waals surface area contributed by atoms with E-state index in [1.54, 1.807) is 13.8 Å². The fraction of sp³-hybridized carbons (Fsp3) is 0.697. The van der Waals surface area contributed by atoms with Crippen molar-refractivity contribution in [1.82, 2.24) is 10.6 Å². The van der Waals surface area contributed by atoms with Gasteiger partial charge in [0.05, 0.1) is 22.7 Å². The van der Waals surface area contributed by atoms with E-state index in [4.69, 9.17) is 5.73 Å². The van der Waals surface area contributed by atoms with Crippen LogP contribution in [0.3, 0.4) is 0 Å². The number of esters is 1. The molecule has 0 unspecified atom stereocenters. The Hall–Kier alpha value is -3.16. The third kappa shape index (κ3) is 15.5. The number of hydrogen-bond acceptors (Lipinski definition) is 6. The molecule has 0 spiro atoms. The Morgan fingerprint density at radius 1 is 0.787 bits per heavy atom. The number of carbonyl (C=O) groups is 4. The number of hydrogen-bond donors (Lipinski definition) is 3. The molecule has 2 amide bonds. The molecule has 1 aromatic rings. The van der Waals surface area contributed by atoms with Gasteiger partial charge in [-0.25, -0.2) is 4.79 Å². The fourth-order valence-electron chi connectivity index (χ4n) is 5.00. The van der Waals surface area contributed by atoms with Crippen molar-refractivity contribution >= 4 is 23.6 Å². The van der Waals surface area contributed by atoms with Crippen LogP contribution in [0.25, 0.3) is 0 Å². The maximum absolute atomic E-state index is 13.5. The zero-order chi connectivity index (χ0) is 35.6. The van der Waals surface area contributed by atoms with Crippen molar-refractivity contribution in [3.63, 3.8) is 0 Å². The summed E-state index contributed by atoms with van der Waals surface area (Å²) in [5, 5.41) is 5.19. The lowest BCUT2D eigenvalue weighted by atomic mass is 9.99. The third-order valence-electron chi connectivity index (χ3n) is 7.65. The van der Waals surface area contributed by atoms with Crippen LogP contribution in [-0.2, 0) is 31.5 Å². The Morgan fingerprint density at radius 2 is 1.32 bits per heavy atom. The number of ketones is 1. The van der Waals surface area contributed by atoms with Crippen molar-refractivity contribution in [2.45, 2.75) is 129 Å². The minimum Gasteiger partial charge on any atom is -0.454 e. The van der Waals surface area contributed by atoms with Gasteiger partial charge in [-0.15, -0.1) is 0 Å². The van der Waals surface area contributed by atoms with Crippen molar-refractivity contribution in [3.8, 4) is 0 Å². The lowest BCUT2D eigenvalue weighted by Crippen LogP contribution is -2.54. The van der Waals surface area contributed by atoms with Crippen LogP contribution in [0.4, 0.5) is 26.3 Å². The maximum Gasteiger partial charge on any atom is 0.417 e. The van der Waals surface area contributed by atoms with E-state index in [-0.39, 0.29) is 31.2 Å². The van der Waals surface area contributed by atoms with E-state index < -0.39 is 65.4 Å². The van der Waals surface area contributed by atoms with Gasteiger partial charge >= 0.3 is 18.3 Å². The third-order valence-corrected chi connectivity index (χ3v) is 7.65. The first kappa shape index (κ1) is 41.9. The first-order valence-electron chi connectivity index (χ1n) is 16.3. The quantitative estimate of drug-likeness (QED) is 0.0679. The van der Waals surface area contributed by atoms with Crippen LogP contribution in [0, 0.1) is 5.92 Å². The topological polar surface area (TPSA) is 128 Å². The number of unbranched alkanes of at least 4 members (excludes halogenated alkanes) is 9. The minimum absolute atomic E-state index is 0.00344. The molecule has 14 heteroatoms. The predicted octanol–water partition coefficient (Wildman–Crippen LogP) is 7.13. The number of alkyl halides is 6. The number of halogens is 6. The first-order valence-corrected chi connectivity index (χ1v) is 16.3. The summed E-state index contributed by atoms with van der Waals surface area (Å²) < 4.78 is 85.6. The van der Waals surface area contributed by atoms with E-state index in [2.05, 4.69) is 22.3 Å². The van der Waals surface area contributed by atoms with Crippen molar-refractivity contribution in [1.29, 1.82) is 0 Å². The molecule has 0 radical (unpaired) electrons. The molecule has 4 N–H and O–H groups in total. The molecule has 0 aliphatic carbocycles. The molecule has 0 saturated heterocycles. The number of amides is 2. The average molecular weight is 682 g/mol. The molecule has 0 heterocycles. The molecular weight excluding hydrogens is 632 g/mol. The largest absolute Gasteiger partial charge is 0.454 e. The van der Waals surface area contributed by atoms with Crippen molar-refractivity contribution in [2.24, 2.45) is 11.7 Å². The monoisotopic (exact) mass is 681 g/mol. The van der Waals surface area contributed by atoms with Crippen LogP contribution in [0.1, 0.15) is 126 Å². The standard InChI is InChI=1S/C33H49F6N3O5/c1-4-5-6-7-8-9-10-11-12-19-27(44)42-29(22(2)3)30(45)41-25(18-13-14-20-40)26(43)21-47-31(46)28-23(32(34,35)36)16-15-17-24(28)33(37,38)39/h15-17,22,25,29H,4-14,18-21,40H2,1-3H3,(H,41,45)(H,42,44)/t25-,29-/m0/s1. The number of ether oxygens (including phenoxy) is 1. The van der Waals surface area contributed by atoms with E-state index in [9.17, 15) is 45.5 Å². The molecule has 0 saturated carbocycles. The molecule has 2 atom stereocenters. The number of carbonyl (C=O) groups excluding carboxylic acids is 4. The second kappa shape index (κ2) is 20.9. The summed E-state index contributed by atoms with van der Waals surface area (Å²) in [4.78, 5) is 51.4. The van der Waals surface area contributed by atoms with Gasteiger partial charge in [-0.05, 0) is 50.3 Å². The van der Waals surface area contributed by atoms with Crippen LogP contribution < -0.4 is 16.4 Å². The van der Waals surface area contributed by atoms with Gasteiger partial charge in [0, 0.05) is 6.42 Å². The molecule has 1 rings (SSSR count). The molecule has 0 bridgehead atoms. The fourth-order valence-corrected chi connectivity index (χ4v) is 5.00. The first-order chi connectivity index (χ1) is 22.0. The van der Waals surface area contributed by atoms with E-state index in [1.165, 1.54) is 25.7 Å². The number of nitrogens with one attached hydrogen (secondary N) is 2. The highest BCUT2D eigenvalue weighted by atomic mass is 19.4. The molecule has 0 aromatic heterocycles. The number of Topliss-reactive ketones (excluding diaryl/α,β-unsaturated/α-hetero) is 1. The number of benzene rings is 1. The van der Waals surface area contributed by atoms with Gasteiger partial charge in [-0.2, -0.15) is 26.3 Å². The van der Waals surface area contributed by atoms with Gasteiger partial charge in [-0.1, -0.05) is 78.2 Å². The summed E-state index contributed by atoms with van der Waals surface area (Å²) in [6.45, 7) is 4.59. The summed E-state index contributed by atoms with van der Waals surface area (Å²) in [5.74, 6) is -4.38. The van der Waals surface area contributed by atoms with E-state index >= 15 is 0 Å². The average Bonchev–Trinajstić information content (AvgIpc) is 2.99. The summed E-state index contributed by atoms with van der Waals surface area (Å²) in [6.07, 6.45) is -0.0535. The summed E-state index contributed by atoms with van der Waals surface area (Å²) in [6, 6.07) is -1.21. The summed E-state index contributed by atoms with van der Waals surface area (Å²) in [5.41, 5.74) is 0.0188. The molecule has 8 nitrogen and oxygen atoms in total. The Kier molecular flexibility index (Phi) is 18.7. The van der Waals surface area contributed by atoms with Gasteiger partial charge in [-0.3, -0.25) is 14.4 Å². The Balaban J connectivity index is 2.90. The van der Waals surface area contributed by atoms with Crippen LogP contribution >= 0.6 is 0 Å². The Morgan fingerprint density at radius 3 is 1.81 bits per heavy atom. The zero-order valence-corrected chi connectivity index (χ0v) is 27.5. The zero-order valence-electron chi connectivity index (χ0n) is 27.5. The molecule has 1 aromatic carbocycles. The lowest BCUT2D eigenvalue weighted by molar-refractivity contribution is -0.144. The molecule has 47 heavy (non-hydrogen) atoms. The van der Waals surface area contributed by atoms with Crippen molar-refractivity contribution in [3.05, 3.63) is 34.9 Å². The second-order valence-corrected chi connectivity index (χ2v) is 12.0. The summed E-state index contributed by atoms with van der Waals surface area (Å²) >= 11 is 0. The SMILES string of the molecule is CCCCCCCCCCCC(=O)N[C@H](C(=O)N[C@@H](CCCCN)C(=O)COC(=O)c1c(C(F)(F)F)cccc1C(F)(F)F)C(C)C. The van der Waals surface area contributed by atoms with Crippen LogP contribution in [0.5, 0.6) is 0 Å². The highest BCUT2D eigenvalue weighted by Gasteiger charge is 2.43. The van der Waals surface area contributed by atoms with Crippen molar-refractivity contribution in [2.75, 3.05) is 13.2 Å². The highest BCUT2D eigenvalue weighted by molar-refractivity contribution is 5.97. The van der Waals surface area contributed by atoms with E-state index in [0.717, 1.165) is 25.7 Å². The van der Waals surface area contributed by atoms with Gasteiger partial charge < -0.3 is 21.1 Å². The number of rotatable bonds is 22. The van der Waals surface area contributed by atoms with Gasteiger partial charge in [0.25, 0.3) is 0 Å². The van der Waals surface area contributed by atoms with Crippen LogP contribution in [-0.4, -0.2) is 48.8 Å². The van der Waals surface area contributed by atoms with Crippen LogP contribution in [0.15, 0.2) is 18.2 Å². The second-order valence-electron chi connectivity index (χ2n) is 12.0. The Labute approximate surface area is 272 Å². The predicted molar refractivity (Wildman–Crippen MR) is 165 cm³/mol. The minimum atomic E-state index is -5.32. The molecule has 268 valence electrons. The lowest BCUT2D eigenvalue weighted by Gasteiger charge is -2.25. The summed E-state index contributed by atoms with van der Waals surface area (Å²) in [7, 11) is 0. The number of nitrogens with two attached hydrogens (primary N) is 1. The van der Waals surface area contributed by atoms with Gasteiger partial charge in [0.1, 0.15) is 6.04 Å². The highest BCUT2D eigenvalue weighted by Crippen LogP contribution is 2.39. The Bertz CT molecular complexity index is 1110. The molecule has 0 aliphatic heterocycles. The normalized spacial score (nSPS) is 13.3. The van der Waals surface area contributed by atoms with Gasteiger partial charge in [0.15, 0.2) is 12.4 Å². The molecule has 0 aliphatic rings. The van der Waals surface area contributed by atoms with E-state index in [1.807, 2.05) is 0 Å².